The third-order valence-electron chi connectivity index (χ3n) is 4.43. The zero-order valence-electron chi connectivity index (χ0n) is 13.8. The highest BCUT2D eigenvalue weighted by atomic mass is 35.5. The lowest BCUT2D eigenvalue weighted by molar-refractivity contribution is -0.119. The van der Waals surface area contributed by atoms with Crippen molar-refractivity contribution in [2.75, 3.05) is 6.54 Å². The summed E-state index contributed by atoms with van der Waals surface area (Å²) in [6, 6.07) is 12.5. The normalized spacial score (nSPS) is 17.8. The number of amides is 1. The molecule has 1 aromatic heterocycles. The molecule has 2 heterocycles. The lowest BCUT2D eigenvalue weighted by Crippen LogP contribution is -2.24. The molecule has 5 heteroatoms. The molecule has 3 rings (SSSR count). The highest BCUT2D eigenvalue weighted by molar-refractivity contribution is 6.31. The van der Waals surface area contributed by atoms with Crippen LogP contribution in [0.3, 0.4) is 0 Å². The first-order valence-corrected chi connectivity index (χ1v) is 8.68. The zero-order chi connectivity index (χ0) is 16.9. The topological polar surface area (TPSA) is 45.2 Å². The van der Waals surface area contributed by atoms with Crippen LogP contribution in [0.5, 0.6) is 0 Å². The maximum absolute atomic E-state index is 11.0. The van der Waals surface area contributed by atoms with Gasteiger partial charge >= 0.3 is 0 Å². The summed E-state index contributed by atoms with van der Waals surface area (Å²) in [6.45, 7) is 3.95. The Labute approximate surface area is 147 Å². The van der Waals surface area contributed by atoms with Gasteiger partial charge in [-0.1, -0.05) is 35.9 Å². The van der Waals surface area contributed by atoms with Crippen LogP contribution in [0.25, 0.3) is 0 Å². The number of carbonyl (C=O) groups is 1. The Bertz CT molecular complexity index is 702. The van der Waals surface area contributed by atoms with E-state index in [1.807, 2.05) is 30.5 Å². The molecule has 0 bridgehead atoms. The lowest BCUT2D eigenvalue weighted by Gasteiger charge is -2.24. The molecule has 1 atom stereocenters. The van der Waals surface area contributed by atoms with Gasteiger partial charge < -0.3 is 5.32 Å². The third kappa shape index (κ3) is 4.13. The SMILES string of the molecule is CC(=O)NCc1ccc(C2CCCN2Cc2ccccc2Cl)nc1. The predicted octanol–water partition coefficient (Wildman–Crippen LogP) is 3.71. The fraction of sp³-hybridized carbons (Fsp3) is 0.368. The second-order valence-electron chi connectivity index (χ2n) is 6.22. The van der Waals surface area contributed by atoms with E-state index in [0.717, 1.165) is 41.4 Å². The van der Waals surface area contributed by atoms with Gasteiger partial charge in [0.05, 0.1) is 11.7 Å². The van der Waals surface area contributed by atoms with Gasteiger partial charge in [-0.3, -0.25) is 14.7 Å². The number of halogens is 1. The van der Waals surface area contributed by atoms with Crippen molar-refractivity contribution >= 4 is 17.5 Å². The molecule has 4 nitrogen and oxygen atoms in total. The van der Waals surface area contributed by atoms with Crippen molar-refractivity contribution in [2.24, 2.45) is 0 Å². The molecule has 24 heavy (non-hydrogen) atoms. The summed E-state index contributed by atoms with van der Waals surface area (Å²) in [7, 11) is 0. The van der Waals surface area contributed by atoms with E-state index in [-0.39, 0.29) is 5.91 Å². The molecule has 126 valence electrons. The zero-order valence-corrected chi connectivity index (χ0v) is 14.6. The van der Waals surface area contributed by atoms with Crippen molar-refractivity contribution < 1.29 is 4.79 Å². The molecular weight excluding hydrogens is 322 g/mol. The van der Waals surface area contributed by atoms with Crippen LogP contribution in [0.2, 0.25) is 5.02 Å². The highest BCUT2D eigenvalue weighted by Crippen LogP contribution is 2.33. The first-order chi connectivity index (χ1) is 11.6. The molecule has 0 saturated carbocycles. The van der Waals surface area contributed by atoms with Crippen LogP contribution in [-0.4, -0.2) is 22.3 Å². The first-order valence-electron chi connectivity index (χ1n) is 8.30. The van der Waals surface area contributed by atoms with Gasteiger partial charge in [0.15, 0.2) is 0 Å². The maximum atomic E-state index is 11.0. The minimum absolute atomic E-state index is 0.0271. The highest BCUT2D eigenvalue weighted by Gasteiger charge is 2.27. The monoisotopic (exact) mass is 343 g/mol. The summed E-state index contributed by atoms with van der Waals surface area (Å²) in [6.07, 6.45) is 4.14. The molecule has 1 amide bonds. The standard InChI is InChI=1S/C19H22ClN3O/c1-14(24)21-11-15-8-9-18(22-12-15)19-7-4-10-23(19)13-16-5-2-3-6-17(16)20/h2-3,5-6,8-9,12,19H,4,7,10-11,13H2,1H3,(H,21,24). The summed E-state index contributed by atoms with van der Waals surface area (Å²) in [5, 5.41) is 3.62. The van der Waals surface area contributed by atoms with Gasteiger partial charge in [0.1, 0.15) is 0 Å². The molecule has 2 aromatic rings. The minimum atomic E-state index is -0.0271. The molecule has 1 N–H and O–H groups in total. The van der Waals surface area contributed by atoms with Crippen LogP contribution < -0.4 is 5.32 Å². The van der Waals surface area contributed by atoms with E-state index in [9.17, 15) is 4.79 Å². The van der Waals surface area contributed by atoms with E-state index in [4.69, 9.17) is 11.6 Å². The number of hydrogen-bond acceptors (Lipinski definition) is 3. The largest absolute Gasteiger partial charge is 0.352 e. The van der Waals surface area contributed by atoms with Gasteiger partial charge in [0.25, 0.3) is 0 Å². The second kappa shape index (κ2) is 7.77. The van der Waals surface area contributed by atoms with Gasteiger partial charge in [0, 0.05) is 31.2 Å². The number of carbonyl (C=O) groups excluding carboxylic acids is 1. The molecule has 1 fully saturated rings. The van der Waals surface area contributed by atoms with Crippen molar-refractivity contribution in [1.82, 2.24) is 15.2 Å². The van der Waals surface area contributed by atoms with Crippen LogP contribution in [-0.2, 0) is 17.9 Å². The smallest absolute Gasteiger partial charge is 0.217 e. The maximum Gasteiger partial charge on any atom is 0.217 e. The quantitative estimate of drug-likeness (QED) is 0.900. The molecule has 0 aliphatic carbocycles. The van der Waals surface area contributed by atoms with E-state index in [0.29, 0.717) is 12.6 Å². The van der Waals surface area contributed by atoms with Gasteiger partial charge in [-0.25, -0.2) is 0 Å². The Balaban J connectivity index is 1.69. The molecule has 0 spiro atoms. The van der Waals surface area contributed by atoms with Crippen molar-refractivity contribution in [1.29, 1.82) is 0 Å². The van der Waals surface area contributed by atoms with Crippen LogP contribution in [0.1, 0.15) is 42.6 Å². The third-order valence-corrected chi connectivity index (χ3v) is 4.79. The summed E-state index contributed by atoms with van der Waals surface area (Å²) in [4.78, 5) is 18.1. The molecule has 1 saturated heterocycles. The van der Waals surface area contributed by atoms with Crippen LogP contribution in [0.15, 0.2) is 42.6 Å². The number of pyridine rings is 1. The van der Waals surface area contributed by atoms with Crippen molar-refractivity contribution in [3.63, 3.8) is 0 Å². The number of hydrogen-bond donors (Lipinski definition) is 1. The van der Waals surface area contributed by atoms with Gasteiger partial charge in [-0.05, 0) is 42.6 Å². The van der Waals surface area contributed by atoms with E-state index < -0.39 is 0 Å². The van der Waals surface area contributed by atoms with Gasteiger partial charge in [-0.2, -0.15) is 0 Å². The Morgan fingerprint density at radius 1 is 1.33 bits per heavy atom. The lowest BCUT2D eigenvalue weighted by atomic mass is 10.1. The number of rotatable bonds is 5. The predicted molar refractivity (Wildman–Crippen MR) is 95.6 cm³/mol. The van der Waals surface area contributed by atoms with Crippen molar-refractivity contribution in [2.45, 2.75) is 38.9 Å². The fourth-order valence-electron chi connectivity index (χ4n) is 3.16. The number of likely N-dealkylation sites (tertiary alicyclic amines) is 1. The Hall–Kier alpha value is -1.91. The summed E-state index contributed by atoms with van der Waals surface area (Å²) >= 11 is 6.30. The Morgan fingerprint density at radius 2 is 2.17 bits per heavy atom. The fourth-order valence-corrected chi connectivity index (χ4v) is 3.36. The number of benzene rings is 1. The Morgan fingerprint density at radius 3 is 2.88 bits per heavy atom. The summed E-state index contributed by atoms with van der Waals surface area (Å²) in [5.74, 6) is -0.0271. The number of nitrogens with zero attached hydrogens (tertiary/aromatic N) is 2. The average molecular weight is 344 g/mol. The van der Waals surface area contributed by atoms with Crippen LogP contribution in [0.4, 0.5) is 0 Å². The molecule has 1 aromatic carbocycles. The molecular formula is C19H22ClN3O. The second-order valence-corrected chi connectivity index (χ2v) is 6.63. The van der Waals surface area contributed by atoms with E-state index >= 15 is 0 Å². The van der Waals surface area contributed by atoms with E-state index in [1.54, 1.807) is 0 Å². The van der Waals surface area contributed by atoms with Gasteiger partial charge in [0.2, 0.25) is 5.91 Å². The minimum Gasteiger partial charge on any atom is -0.352 e. The Kier molecular flexibility index (Phi) is 5.48. The molecule has 1 aliphatic heterocycles. The average Bonchev–Trinajstić information content (AvgIpc) is 3.04. The van der Waals surface area contributed by atoms with Crippen molar-refractivity contribution in [3.8, 4) is 0 Å². The van der Waals surface area contributed by atoms with Gasteiger partial charge in [-0.15, -0.1) is 0 Å². The molecule has 0 radical (unpaired) electrons. The first kappa shape index (κ1) is 16.9. The van der Waals surface area contributed by atoms with E-state index in [2.05, 4.69) is 27.3 Å². The summed E-state index contributed by atoms with van der Waals surface area (Å²) < 4.78 is 0. The summed E-state index contributed by atoms with van der Waals surface area (Å²) in [5.41, 5.74) is 3.27. The number of nitrogens with one attached hydrogen (secondary N) is 1. The molecule has 1 aliphatic rings. The van der Waals surface area contributed by atoms with Crippen LogP contribution >= 0.6 is 11.6 Å². The molecule has 1 unspecified atom stereocenters. The van der Waals surface area contributed by atoms with Crippen LogP contribution in [0, 0.1) is 0 Å². The van der Waals surface area contributed by atoms with Crippen molar-refractivity contribution in [3.05, 3.63) is 64.4 Å². The number of aromatic nitrogens is 1. The van der Waals surface area contributed by atoms with E-state index in [1.165, 1.54) is 13.3 Å².